The maximum absolute atomic E-state index is 3.88. The predicted octanol–water partition coefficient (Wildman–Crippen LogP) is 5.23. The van der Waals surface area contributed by atoms with E-state index < -0.39 is 0 Å². The SMILES string of the molecule is CC.CC(C)c1ccccc1.Cc1cccnc1. The molecular formula is C17H25N. The fraction of sp³-hybridized carbons (Fsp3) is 0.353. The molecule has 0 aliphatic carbocycles. The molecule has 0 spiro atoms. The Labute approximate surface area is 112 Å². The quantitative estimate of drug-likeness (QED) is 0.668. The van der Waals surface area contributed by atoms with Crippen LogP contribution in [0.5, 0.6) is 0 Å². The van der Waals surface area contributed by atoms with E-state index in [1.54, 1.807) is 6.20 Å². The molecule has 1 nitrogen and oxygen atoms in total. The third-order valence-corrected chi connectivity index (χ3v) is 2.28. The van der Waals surface area contributed by atoms with Crippen LogP contribution in [0.1, 0.15) is 44.7 Å². The van der Waals surface area contributed by atoms with Crippen LogP contribution in [0.4, 0.5) is 0 Å². The lowest BCUT2D eigenvalue weighted by molar-refractivity contribution is 0.867. The van der Waals surface area contributed by atoms with Crippen LogP contribution in [0.3, 0.4) is 0 Å². The van der Waals surface area contributed by atoms with Crippen LogP contribution < -0.4 is 0 Å². The van der Waals surface area contributed by atoms with Crippen LogP contribution in [-0.4, -0.2) is 4.98 Å². The Balaban J connectivity index is 0.000000289. The summed E-state index contributed by atoms with van der Waals surface area (Å²) in [5, 5.41) is 0. The Morgan fingerprint density at radius 3 is 1.78 bits per heavy atom. The Morgan fingerprint density at radius 2 is 1.50 bits per heavy atom. The Kier molecular flexibility index (Phi) is 9.57. The molecule has 18 heavy (non-hydrogen) atoms. The molecule has 0 bridgehead atoms. The van der Waals surface area contributed by atoms with Crippen molar-refractivity contribution in [2.24, 2.45) is 0 Å². The number of benzene rings is 1. The van der Waals surface area contributed by atoms with E-state index in [4.69, 9.17) is 0 Å². The van der Waals surface area contributed by atoms with Gasteiger partial charge in [-0.1, -0.05) is 64.1 Å². The molecule has 0 fully saturated rings. The molecular weight excluding hydrogens is 218 g/mol. The summed E-state index contributed by atoms with van der Waals surface area (Å²) in [7, 11) is 0. The van der Waals surface area contributed by atoms with Gasteiger partial charge in [0.25, 0.3) is 0 Å². The molecule has 0 N–H and O–H groups in total. The van der Waals surface area contributed by atoms with E-state index in [1.165, 1.54) is 11.1 Å². The molecule has 1 heteroatoms. The monoisotopic (exact) mass is 243 g/mol. The second-order valence-electron chi connectivity index (χ2n) is 4.10. The first kappa shape index (κ1) is 16.4. The van der Waals surface area contributed by atoms with Gasteiger partial charge in [0, 0.05) is 12.4 Å². The van der Waals surface area contributed by atoms with Crippen molar-refractivity contribution in [1.29, 1.82) is 0 Å². The van der Waals surface area contributed by atoms with Gasteiger partial charge in [0.15, 0.2) is 0 Å². The summed E-state index contributed by atoms with van der Waals surface area (Å²) in [5.41, 5.74) is 2.63. The van der Waals surface area contributed by atoms with Gasteiger partial charge in [-0.3, -0.25) is 4.98 Å². The molecule has 0 aliphatic rings. The first-order valence-corrected chi connectivity index (χ1v) is 6.61. The van der Waals surface area contributed by atoms with Gasteiger partial charge in [-0.2, -0.15) is 0 Å². The standard InChI is InChI=1S/C9H12.C6H7N.C2H6/c1-8(2)9-6-4-3-5-7-9;1-6-3-2-4-7-5-6;1-2/h3-8H,1-2H3;2-5H,1H3;1-2H3. The van der Waals surface area contributed by atoms with Crippen molar-refractivity contribution >= 4 is 0 Å². The molecule has 0 aliphatic heterocycles. The van der Waals surface area contributed by atoms with Crippen molar-refractivity contribution in [3.8, 4) is 0 Å². The fourth-order valence-corrected chi connectivity index (χ4v) is 1.29. The minimum absolute atomic E-state index is 0.659. The van der Waals surface area contributed by atoms with Crippen LogP contribution in [0.25, 0.3) is 0 Å². The summed E-state index contributed by atoms with van der Waals surface area (Å²) in [6.45, 7) is 10.4. The number of nitrogens with zero attached hydrogens (tertiary/aromatic N) is 1. The normalized spacial score (nSPS) is 8.78. The molecule has 0 saturated carbocycles. The lowest BCUT2D eigenvalue weighted by atomic mass is 10.0. The van der Waals surface area contributed by atoms with Gasteiger partial charge >= 0.3 is 0 Å². The topological polar surface area (TPSA) is 12.9 Å². The zero-order valence-electron chi connectivity index (χ0n) is 12.2. The Morgan fingerprint density at radius 1 is 0.889 bits per heavy atom. The van der Waals surface area contributed by atoms with Crippen molar-refractivity contribution in [2.75, 3.05) is 0 Å². The van der Waals surface area contributed by atoms with E-state index in [2.05, 4.69) is 43.1 Å². The van der Waals surface area contributed by atoms with Gasteiger partial charge in [-0.15, -0.1) is 0 Å². The summed E-state index contributed by atoms with van der Waals surface area (Å²) >= 11 is 0. The summed E-state index contributed by atoms with van der Waals surface area (Å²) in [6.07, 6.45) is 3.60. The highest BCUT2D eigenvalue weighted by atomic mass is 14.6. The van der Waals surface area contributed by atoms with Crippen molar-refractivity contribution in [1.82, 2.24) is 4.98 Å². The third kappa shape index (κ3) is 7.61. The number of hydrogen-bond donors (Lipinski definition) is 0. The molecule has 2 rings (SSSR count). The average molecular weight is 243 g/mol. The molecule has 0 radical (unpaired) electrons. The van der Waals surface area contributed by atoms with Crippen LogP contribution in [0, 0.1) is 6.92 Å². The van der Waals surface area contributed by atoms with Crippen LogP contribution in [0.15, 0.2) is 54.9 Å². The fourth-order valence-electron chi connectivity index (χ4n) is 1.29. The summed E-state index contributed by atoms with van der Waals surface area (Å²) in [6, 6.07) is 14.5. The van der Waals surface area contributed by atoms with Crippen LogP contribution in [-0.2, 0) is 0 Å². The summed E-state index contributed by atoms with van der Waals surface area (Å²) < 4.78 is 0. The molecule has 98 valence electrons. The van der Waals surface area contributed by atoms with Crippen molar-refractivity contribution < 1.29 is 0 Å². The maximum Gasteiger partial charge on any atom is 0.0297 e. The number of aryl methyl sites for hydroxylation is 1. The van der Waals surface area contributed by atoms with E-state index >= 15 is 0 Å². The zero-order valence-corrected chi connectivity index (χ0v) is 12.2. The van der Waals surface area contributed by atoms with Gasteiger partial charge in [0.05, 0.1) is 0 Å². The zero-order chi connectivity index (χ0) is 13.8. The van der Waals surface area contributed by atoms with Crippen molar-refractivity contribution in [2.45, 2.75) is 40.5 Å². The van der Waals surface area contributed by atoms with Gasteiger partial charge in [0.2, 0.25) is 0 Å². The maximum atomic E-state index is 3.88. The molecule has 0 unspecified atom stereocenters. The van der Waals surface area contributed by atoms with Crippen molar-refractivity contribution in [3.05, 3.63) is 66.0 Å². The molecule has 0 atom stereocenters. The van der Waals surface area contributed by atoms with Crippen LogP contribution in [0.2, 0.25) is 0 Å². The molecule has 0 saturated heterocycles. The number of pyridine rings is 1. The van der Waals surface area contributed by atoms with Gasteiger partial charge < -0.3 is 0 Å². The minimum atomic E-state index is 0.659. The number of rotatable bonds is 1. The second-order valence-corrected chi connectivity index (χ2v) is 4.10. The largest absolute Gasteiger partial charge is 0.264 e. The number of hydrogen-bond acceptors (Lipinski definition) is 1. The van der Waals surface area contributed by atoms with Crippen molar-refractivity contribution in [3.63, 3.8) is 0 Å². The molecule has 1 aromatic carbocycles. The molecule has 1 heterocycles. The van der Waals surface area contributed by atoms with E-state index in [0.717, 1.165) is 0 Å². The summed E-state index contributed by atoms with van der Waals surface area (Å²) in [4.78, 5) is 3.88. The number of aromatic nitrogens is 1. The highest BCUT2D eigenvalue weighted by molar-refractivity contribution is 5.17. The van der Waals surface area contributed by atoms with E-state index in [1.807, 2.05) is 45.2 Å². The highest BCUT2D eigenvalue weighted by Gasteiger charge is 1.93. The Bertz CT molecular complexity index is 379. The first-order valence-electron chi connectivity index (χ1n) is 6.61. The van der Waals surface area contributed by atoms with Gasteiger partial charge in [0.1, 0.15) is 0 Å². The average Bonchev–Trinajstić information content (AvgIpc) is 2.43. The van der Waals surface area contributed by atoms with Crippen LogP contribution >= 0.6 is 0 Å². The summed E-state index contributed by atoms with van der Waals surface area (Å²) in [5.74, 6) is 0.659. The smallest absolute Gasteiger partial charge is 0.0297 e. The van der Waals surface area contributed by atoms with Gasteiger partial charge in [-0.25, -0.2) is 0 Å². The highest BCUT2D eigenvalue weighted by Crippen LogP contribution is 2.11. The first-order chi connectivity index (χ1) is 8.70. The lowest BCUT2D eigenvalue weighted by Crippen LogP contribution is -1.83. The molecule has 0 amide bonds. The van der Waals surface area contributed by atoms with Gasteiger partial charge in [-0.05, 0) is 30.0 Å². The molecule has 2 aromatic rings. The predicted molar refractivity (Wildman–Crippen MR) is 80.9 cm³/mol. The lowest BCUT2D eigenvalue weighted by Gasteiger charge is -2.01. The third-order valence-electron chi connectivity index (χ3n) is 2.28. The molecule has 1 aromatic heterocycles. The minimum Gasteiger partial charge on any atom is -0.264 e. The van der Waals surface area contributed by atoms with E-state index in [-0.39, 0.29) is 0 Å². The van der Waals surface area contributed by atoms with E-state index in [9.17, 15) is 0 Å². The Hall–Kier alpha value is -1.63. The van der Waals surface area contributed by atoms with E-state index in [0.29, 0.717) is 5.92 Å². The second kappa shape index (κ2) is 10.5.